The summed E-state index contributed by atoms with van der Waals surface area (Å²) in [5.74, 6) is 1.08. The average molecular weight is 483 g/mol. The van der Waals surface area contributed by atoms with Gasteiger partial charge >= 0.3 is 0 Å². The van der Waals surface area contributed by atoms with Gasteiger partial charge in [0.2, 0.25) is 0 Å². The number of nitrogens with one attached hydrogen (secondary N) is 3. The number of carbonyl (C=O) groups excluding carboxylic acids is 1. The van der Waals surface area contributed by atoms with Gasteiger partial charge in [-0.05, 0) is 31.0 Å². The fourth-order valence-electron chi connectivity index (χ4n) is 4.50. The van der Waals surface area contributed by atoms with Crippen LogP contribution in [0.3, 0.4) is 0 Å². The largest absolute Gasteiger partial charge is 0.493 e. The molecule has 0 bridgehead atoms. The first-order valence-electron chi connectivity index (χ1n) is 11.4. The van der Waals surface area contributed by atoms with E-state index in [0.717, 1.165) is 36.4 Å². The van der Waals surface area contributed by atoms with Crippen molar-refractivity contribution in [3.63, 3.8) is 0 Å². The predicted molar refractivity (Wildman–Crippen MR) is 131 cm³/mol. The Labute approximate surface area is 203 Å². The molecule has 1 amide bonds. The van der Waals surface area contributed by atoms with Crippen molar-refractivity contribution >= 4 is 28.9 Å². The topological polar surface area (TPSA) is 97.5 Å². The molecule has 3 N–H and O–H groups in total. The molecule has 0 aliphatic carbocycles. The molecule has 0 radical (unpaired) electrons. The summed E-state index contributed by atoms with van der Waals surface area (Å²) >= 11 is 6.36. The van der Waals surface area contributed by atoms with Crippen LogP contribution in [0.25, 0.3) is 11.3 Å². The lowest BCUT2D eigenvalue weighted by atomic mass is 9.98. The molecule has 3 aromatic rings. The molecule has 178 valence electrons. The minimum atomic E-state index is -0.144. The third kappa shape index (κ3) is 4.19. The Hall–Kier alpha value is -3.23. The van der Waals surface area contributed by atoms with E-state index < -0.39 is 0 Å². The number of rotatable bonds is 7. The van der Waals surface area contributed by atoms with Gasteiger partial charge in [0.05, 0.1) is 47.1 Å². The first-order chi connectivity index (χ1) is 16.6. The maximum absolute atomic E-state index is 13.0. The van der Waals surface area contributed by atoms with Gasteiger partial charge in [-0.2, -0.15) is 0 Å². The minimum absolute atomic E-state index is 0.0732. The molecular formula is C25H27ClN4O4. The fraction of sp³-hybridized carbons (Fsp3) is 0.360. The van der Waals surface area contributed by atoms with Crippen LogP contribution in [0.1, 0.15) is 41.7 Å². The minimum Gasteiger partial charge on any atom is -0.493 e. The first-order valence-corrected chi connectivity index (χ1v) is 11.8. The van der Waals surface area contributed by atoms with Crippen molar-refractivity contribution in [1.82, 2.24) is 15.3 Å². The zero-order valence-electron chi connectivity index (χ0n) is 19.1. The van der Waals surface area contributed by atoms with Gasteiger partial charge in [0.25, 0.3) is 5.91 Å². The maximum atomic E-state index is 13.0. The normalized spacial score (nSPS) is 19.4. The number of hydrogen-bond acceptors (Lipinski definition) is 6. The number of methoxy groups -OCH3 is 1. The van der Waals surface area contributed by atoms with Crippen LogP contribution in [0, 0.1) is 0 Å². The summed E-state index contributed by atoms with van der Waals surface area (Å²) in [6, 6.07) is 7.33. The van der Waals surface area contributed by atoms with Crippen LogP contribution in [0.4, 0.5) is 11.4 Å². The number of anilines is 2. The quantitative estimate of drug-likeness (QED) is 0.443. The highest BCUT2D eigenvalue weighted by Gasteiger charge is 2.32. The van der Waals surface area contributed by atoms with Crippen molar-refractivity contribution in [2.75, 3.05) is 32.2 Å². The highest BCUT2D eigenvalue weighted by Crippen LogP contribution is 2.44. The number of aromatic nitrogens is 2. The van der Waals surface area contributed by atoms with Crippen molar-refractivity contribution in [2.24, 2.45) is 0 Å². The summed E-state index contributed by atoms with van der Waals surface area (Å²) in [4.78, 5) is 20.8. The van der Waals surface area contributed by atoms with Gasteiger partial charge in [-0.3, -0.25) is 9.78 Å². The number of H-pyrrole nitrogens is 1. The first kappa shape index (κ1) is 22.6. The lowest BCUT2D eigenvalue weighted by Crippen LogP contribution is -2.33. The molecule has 2 aliphatic heterocycles. The van der Waals surface area contributed by atoms with Crippen LogP contribution in [-0.2, 0) is 4.74 Å². The molecule has 9 heteroatoms. The fourth-order valence-corrected chi connectivity index (χ4v) is 4.75. The highest BCUT2D eigenvalue weighted by molar-refractivity contribution is 6.32. The van der Waals surface area contributed by atoms with Crippen LogP contribution in [-0.4, -0.2) is 48.8 Å². The maximum Gasteiger partial charge on any atom is 0.255 e. The van der Waals surface area contributed by atoms with E-state index in [0.29, 0.717) is 46.6 Å². The summed E-state index contributed by atoms with van der Waals surface area (Å²) in [6.45, 7) is 3.84. The van der Waals surface area contributed by atoms with Gasteiger partial charge in [0.15, 0.2) is 5.75 Å². The van der Waals surface area contributed by atoms with Crippen molar-refractivity contribution in [2.45, 2.75) is 31.8 Å². The highest BCUT2D eigenvalue weighted by atomic mass is 35.5. The van der Waals surface area contributed by atoms with Crippen LogP contribution in [0.15, 0.2) is 36.7 Å². The Morgan fingerprint density at radius 1 is 1.32 bits per heavy atom. The third-order valence-corrected chi connectivity index (χ3v) is 6.55. The van der Waals surface area contributed by atoms with E-state index in [1.807, 2.05) is 18.2 Å². The number of amides is 1. The molecule has 8 nitrogen and oxygen atoms in total. The number of para-hydroxylation sites is 1. The van der Waals surface area contributed by atoms with Crippen LogP contribution in [0.2, 0.25) is 5.02 Å². The molecule has 4 heterocycles. The number of fused-ring (bicyclic) bond motifs is 1. The van der Waals surface area contributed by atoms with Crippen molar-refractivity contribution in [1.29, 1.82) is 0 Å². The molecule has 1 aromatic carbocycles. The van der Waals surface area contributed by atoms with Gasteiger partial charge in [0.1, 0.15) is 12.4 Å². The summed E-state index contributed by atoms with van der Waals surface area (Å²) in [5, 5.41) is 6.87. The molecule has 1 saturated heterocycles. The summed E-state index contributed by atoms with van der Waals surface area (Å²) in [6.07, 6.45) is 5.49. The van der Waals surface area contributed by atoms with Crippen LogP contribution >= 0.6 is 11.6 Å². The van der Waals surface area contributed by atoms with E-state index in [2.05, 4.69) is 27.5 Å². The molecule has 0 saturated carbocycles. The van der Waals surface area contributed by atoms with Crippen molar-refractivity contribution in [3.05, 3.63) is 52.9 Å². The molecule has 2 aromatic heterocycles. The second kappa shape index (κ2) is 9.56. The number of aromatic amines is 1. The lowest BCUT2D eigenvalue weighted by molar-refractivity contribution is 0.0680. The number of ether oxygens (including phenoxy) is 3. The summed E-state index contributed by atoms with van der Waals surface area (Å²) in [7, 11) is 1.56. The number of nitrogens with zero attached hydrogens (tertiary/aromatic N) is 1. The Bertz CT molecular complexity index is 1210. The third-order valence-electron chi connectivity index (χ3n) is 6.25. The molecule has 34 heavy (non-hydrogen) atoms. The SMILES string of the molecule is COc1c(Cl)cccc1Nc1c(-c2ccncc2OC[C@@H]2CCCO2)[nH]c2c1C(=O)NC[C@H]2C. The van der Waals surface area contributed by atoms with Gasteiger partial charge < -0.3 is 29.8 Å². The Morgan fingerprint density at radius 2 is 2.21 bits per heavy atom. The van der Waals surface area contributed by atoms with E-state index in [9.17, 15) is 4.79 Å². The summed E-state index contributed by atoms with van der Waals surface area (Å²) < 4.78 is 17.4. The Kier molecular flexibility index (Phi) is 6.34. The number of hydrogen-bond donors (Lipinski definition) is 3. The van der Waals surface area contributed by atoms with E-state index in [4.69, 9.17) is 25.8 Å². The zero-order valence-corrected chi connectivity index (χ0v) is 19.9. The number of carbonyl (C=O) groups is 1. The second-order valence-electron chi connectivity index (χ2n) is 8.54. The van der Waals surface area contributed by atoms with Crippen LogP contribution in [0.5, 0.6) is 11.5 Å². The molecule has 0 unspecified atom stereocenters. The number of benzene rings is 1. The molecular weight excluding hydrogens is 456 g/mol. The van der Waals surface area contributed by atoms with Gasteiger partial charge in [-0.15, -0.1) is 0 Å². The standard InChI is InChI=1S/C25H27ClN4O4/c1-14-11-28-25(31)20-21(14)30-22(23(20)29-18-7-3-6-17(26)24(18)32-2)16-8-9-27-12-19(16)34-13-15-5-4-10-33-15/h3,6-9,12,14-15,29-30H,4-5,10-11,13H2,1-2H3,(H,28,31)/t14-,15+/m1/s1. The van der Waals surface area contributed by atoms with Crippen molar-refractivity contribution < 1.29 is 19.0 Å². The Morgan fingerprint density at radius 3 is 3.00 bits per heavy atom. The van der Waals surface area contributed by atoms with E-state index in [1.165, 1.54) is 0 Å². The van der Waals surface area contributed by atoms with Gasteiger partial charge in [0, 0.05) is 36.5 Å². The van der Waals surface area contributed by atoms with E-state index >= 15 is 0 Å². The molecule has 2 atom stereocenters. The van der Waals surface area contributed by atoms with Gasteiger partial charge in [-0.25, -0.2) is 0 Å². The van der Waals surface area contributed by atoms with Crippen LogP contribution < -0.4 is 20.1 Å². The number of halogens is 1. The van der Waals surface area contributed by atoms with E-state index in [-0.39, 0.29) is 17.9 Å². The van der Waals surface area contributed by atoms with E-state index in [1.54, 1.807) is 25.6 Å². The second-order valence-corrected chi connectivity index (χ2v) is 8.95. The lowest BCUT2D eigenvalue weighted by Gasteiger charge is -2.20. The van der Waals surface area contributed by atoms with Crippen molar-refractivity contribution in [3.8, 4) is 22.8 Å². The van der Waals surface area contributed by atoms with Gasteiger partial charge in [-0.1, -0.05) is 24.6 Å². The zero-order chi connectivity index (χ0) is 23.7. The predicted octanol–water partition coefficient (Wildman–Crippen LogP) is 4.89. The molecule has 1 fully saturated rings. The monoisotopic (exact) mass is 482 g/mol. The summed E-state index contributed by atoms with van der Waals surface area (Å²) in [5.41, 5.74) is 4.25. The smallest absolute Gasteiger partial charge is 0.255 e. The Balaban J connectivity index is 1.60. The average Bonchev–Trinajstić information content (AvgIpc) is 3.49. The number of pyridine rings is 1. The molecule has 0 spiro atoms. The molecule has 2 aliphatic rings. The molecule has 5 rings (SSSR count).